The number of H-pyrrole nitrogens is 1. The Hall–Kier alpha value is -3.41. The van der Waals surface area contributed by atoms with Gasteiger partial charge in [-0.15, -0.1) is 0 Å². The van der Waals surface area contributed by atoms with Crippen LogP contribution < -0.4 is 10.7 Å². The largest absolute Gasteiger partial charge is 0.361 e. The number of unbranched alkanes of at least 4 members (excludes halogenated alkanes) is 1. The Balaban J connectivity index is 1.62. The van der Waals surface area contributed by atoms with Crippen molar-refractivity contribution in [1.29, 1.82) is 0 Å². The number of nitrogens with zero attached hydrogens (tertiary/aromatic N) is 1. The number of hydrogen-bond acceptors (Lipinski definition) is 3. The number of para-hydroxylation sites is 1. The third-order valence-electron chi connectivity index (χ3n) is 4.16. The molecular formula is C21H22N4O2. The maximum atomic E-state index is 12.3. The number of aromatic nitrogens is 1. The van der Waals surface area contributed by atoms with Gasteiger partial charge in [-0.1, -0.05) is 37.6 Å². The Morgan fingerprint density at radius 1 is 1.15 bits per heavy atom. The van der Waals surface area contributed by atoms with Crippen molar-refractivity contribution in [2.45, 2.75) is 26.2 Å². The van der Waals surface area contributed by atoms with Crippen molar-refractivity contribution in [3.63, 3.8) is 0 Å². The number of carbonyl (C=O) groups excluding carboxylic acids is 2. The zero-order chi connectivity index (χ0) is 19.1. The molecule has 0 aliphatic rings. The normalized spacial score (nSPS) is 11.0. The zero-order valence-corrected chi connectivity index (χ0v) is 15.2. The number of anilines is 1. The van der Waals surface area contributed by atoms with E-state index >= 15 is 0 Å². The van der Waals surface area contributed by atoms with E-state index in [1.807, 2.05) is 37.4 Å². The standard InChI is InChI=1S/C21H22N4O2/c1-2-3-11-20(26)24-17-8-6-7-15(12-17)21(27)25-23-14-16-13-22-19-10-5-4-9-18(16)19/h4-10,12-14,22H,2-3,11H2,1H3,(H,24,26)(H,25,27)/b23-14+. The molecule has 0 unspecified atom stereocenters. The summed E-state index contributed by atoms with van der Waals surface area (Å²) in [6.07, 6.45) is 5.72. The Morgan fingerprint density at radius 2 is 2.00 bits per heavy atom. The molecule has 3 aromatic rings. The van der Waals surface area contributed by atoms with Crippen LogP contribution in [0, 0.1) is 0 Å². The third-order valence-corrected chi connectivity index (χ3v) is 4.16. The summed E-state index contributed by atoms with van der Waals surface area (Å²) in [6, 6.07) is 14.7. The van der Waals surface area contributed by atoms with Crippen LogP contribution >= 0.6 is 0 Å². The summed E-state index contributed by atoms with van der Waals surface area (Å²) in [7, 11) is 0. The van der Waals surface area contributed by atoms with Crippen LogP contribution in [0.2, 0.25) is 0 Å². The van der Waals surface area contributed by atoms with Crippen molar-refractivity contribution in [2.24, 2.45) is 5.10 Å². The molecule has 0 aliphatic heterocycles. The molecule has 6 nitrogen and oxygen atoms in total. The lowest BCUT2D eigenvalue weighted by Gasteiger charge is -2.06. The summed E-state index contributed by atoms with van der Waals surface area (Å²) >= 11 is 0. The van der Waals surface area contributed by atoms with Crippen LogP contribution in [-0.4, -0.2) is 23.0 Å². The number of hydrazone groups is 1. The first-order chi connectivity index (χ1) is 13.2. The van der Waals surface area contributed by atoms with Crippen LogP contribution in [0.1, 0.15) is 42.1 Å². The molecule has 0 atom stereocenters. The van der Waals surface area contributed by atoms with E-state index in [9.17, 15) is 9.59 Å². The van der Waals surface area contributed by atoms with Gasteiger partial charge in [0.25, 0.3) is 5.91 Å². The van der Waals surface area contributed by atoms with Crippen LogP contribution in [0.3, 0.4) is 0 Å². The molecule has 0 saturated heterocycles. The van der Waals surface area contributed by atoms with Gasteiger partial charge in [0.05, 0.1) is 6.21 Å². The van der Waals surface area contributed by atoms with Crippen molar-refractivity contribution >= 4 is 34.6 Å². The topological polar surface area (TPSA) is 86.3 Å². The summed E-state index contributed by atoms with van der Waals surface area (Å²) in [6.45, 7) is 2.04. The molecule has 1 aromatic heterocycles. The molecule has 2 aromatic carbocycles. The zero-order valence-electron chi connectivity index (χ0n) is 15.2. The van der Waals surface area contributed by atoms with Gasteiger partial charge in [-0.25, -0.2) is 5.43 Å². The number of rotatable bonds is 7. The third kappa shape index (κ3) is 4.82. The van der Waals surface area contributed by atoms with Gasteiger partial charge in [-0.05, 0) is 30.7 Å². The summed E-state index contributed by atoms with van der Waals surface area (Å²) < 4.78 is 0. The maximum Gasteiger partial charge on any atom is 0.271 e. The van der Waals surface area contributed by atoms with Gasteiger partial charge >= 0.3 is 0 Å². The average molecular weight is 362 g/mol. The van der Waals surface area contributed by atoms with Crippen LogP contribution in [0.4, 0.5) is 5.69 Å². The molecule has 0 saturated carbocycles. The van der Waals surface area contributed by atoms with Crippen molar-refractivity contribution in [1.82, 2.24) is 10.4 Å². The summed E-state index contributed by atoms with van der Waals surface area (Å²) in [4.78, 5) is 27.3. The molecular weight excluding hydrogens is 340 g/mol. The van der Waals surface area contributed by atoms with E-state index in [-0.39, 0.29) is 11.8 Å². The van der Waals surface area contributed by atoms with Gasteiger partial charge in [0.2, 0.25) is 5.91 Å². The van der Waals surface area contributed by atoms with E-state index in [0.29, 0.717) is 17.7 Å². The van der Waals surface area contributed by atoms with Gasteiger partial charge in [0, 0.05) is 40.3 Å². The molecule has 0 spiro atoms. The predicted octanol–water partition coefficient (Wildman–Crippen LogP) is 4.06. The first kappa shape index (κ1) is 18.4. The van der Waals surface area contributed by atoms with Gasteiger partial charge in [0.15, 0.2) is 0 Å². The molecule has 1 heterocycles. The highest BCUT2D eigenvalue weighted by Crippen LogP contribution is 2.15. The lowest BCUT2D eigenvalue weighted by atomic mass is 10.2. The molecule has 6 heteroatoms. The maximum absolute atomic E-state index is 12.3. The number of carbonyl (C=O) groups is 2. The molecule has 27 heavy (non-hydrogen) atoms. The SMILES string of the molecule is CCCCC(=O)Nc1cccc(C(=O)N/N=C/c2c[nH]c3ccccc23)c1. The minimum atomic E-state index is -0.337. The monoisotopic (exact) mass is 362 g/mol. The number of aromatic amines is 1. The quantitative estimate of drug-likeness (QED) is 0.437. The smallest absolute Gasteiger partial charge is 0.271 e. The summed E-state index contributed by atoms with van der Waals surface area (Å²) in [5.74, 6) is -0.387. The molecule has 0 fully saturated rings. The summed E-state index contributed by atoms with van der Waals surface area (Å²) in [5.41, 5.74) is 5.45. The Labute approximate surface area is 157 Å². The molecule has 3 rings (SSSR count). The highest BCUT2D eigenvalue weighted by molar-refractivity contribution is 6.00. The van der Waals surface area contributed by atoms with E-state index in [1.54, 1.807) is 30.5 Å². The number of amides is 2. The van der Waals surface area contributed by atoms with Crippen molar-refractivity contribution < 1.29 is 9.59 Å². The van der Waals surface area contributed by atoms with E-state index < -0.39 is 0 Å². The second kappa shape index (κ2) is 8.80. The second-order valence-corrected chi connectivity index (χ2v) is 6.22. The Bertz CT molecular complexity index is 975. The van der Waals surface area contributed by atoms with Gasteiger partial charge in [-0.2, -0.15) is 5.10 Å². The lowest BCUT2D eigenvalue weighted by molar-refractivity contribution is -0.116. The molecule has 3 N–H and O–H groups in total. The molecule has 2 amide bonds. The summed E-state index contributed by atoms with van der Waals surface area (Å²) in [5, 5.41) is 7.88. The van der Waals surface area contributed by atoms with Gasteiger partial charge in [0.1, 0.15) is 0 Å². The van der Waals surface area contributed by atoms with Crippen LogP contribution in [0.15, 0.2) is 59.8 Å². The van der Waals surface area contributed by atoms with Crippen LogP contribution in [-0.2, 0) is 4.79 Å². The number of hydrogen-bond donors (Lipinski definition) is 3. The fraction of sp³-hybridized carbons (Fsp3) is 0.190. The molecule has 0 radical (unpaired) electrons. The van der Waals surface area contributed by atoms with Crippen LogP contribution in [0.25, 0.3) is 10.9 Å². The van der Waals surface area contributed by atoms with Crippen LogP contribution in [0.5, 0.6) is 0 Å². The fourth-order valence-electron chi connectivity index (χ4n) is 2.72. The van der Waals surface area contributed by atoms with Crippen molar-refractivity contribution in [2.75, 3.05) is 5.32 Å². The average Bonchev–Trinajstić information content (AvgIpc) is 3.10. The molecule has 0 aliphatic carbocycles. The minimum absolute atomic E-state index is 0.0493. The highest BCUT2D eigenvalue weighted by Gasteiger charge is 2.07. The predicted molar refractivity (Wildman–Crippen MR) is 108 cm³/mol. The van der Waals surface area contributed by atoms with E-state index in [4.69, 9.17) is 0 Å². The fourth-order valence-corrected chi connectivity index (χ4v) is 2.72. The van der Waals surface area contributed by atoms with Crippen molar-refractivity contribution in [3.8, 4) is 0 Å². The van der Waals surface area contributed by atoms with Crippen molar-refractivity contribution in [3.05, 3.63) is 65.9 Å². The minimum Gasteiger partial charge on any atom is -0.361 e. The lowest BCUT2D eigenvalue weighted by Crippen LogP contribution is -2.18. The first-order valence-electron chi connectivity index (χ1n) is 8.97. The Kier molecular flexibility index (Phi) is 5.99. The van der Waals surface area contributed by atoms with Gasteiger partial charge in [-0.3, -0.25) is 9.59 Å². The number of benzene rings is 2. The second-order valence-electron chi connectivity index (χ2n) is 6.22. The number of nitrogens with one attached hydrogen (secondary N) is 3. The Morgan fingerprint density at radius 3 is 2.85 bits per heavy atom. The molecule has 0 bridgehead atoms. The van der Waals surface area contributed by atoms with E-state index in [2.05, 4.69) is 20.8 Å². The first-order valence-corrected chi connectivity index (χ1v) is 8.97. The van der Waals surface area contributed by atoms with Gasteiger partial charge < -0.3 is 10.3 Å². The van der Waals surface area contributed by atoms with E-state index in [1.165, 1.54) is 0 Å². The van der Waals surface area contributed by atoms with E-state index in [0.717, 1.165) is 29.3 Å². The highest BCUT2D eigenvalue weighted by atomic mass is 16.2. The molecule has 138 valence electrons. The number of fused-ring (bicyclic) bond motifs is 1.